The lowest BCUT2D eigenvalue weighted by molar-refractivity contribution is 0.311. The average molecular weight is 307 g/mol. The summed E-state index contributed by atoms with van der Waals surface area (Å²) in [5, 5.41) is 15.2. The largest absolute Gasteiger partial charge is 0.395 e. The van der Waals surface area contributed by atoms with Crippen LogP contribution in [-0.4, -0.2) is 33.2 Å². The van der Waals surface area contributed by atoms with Crippen LogP contribution in [-0.2, 0) is 0 Å². The zero-order chi connectivity index (χ0) is 15.9. The summed E-state index contributed by atoms with van der Waals surface area (Å²) in [7, 11) is 0. The van der Waals surface area contributed by atoms with Crippen molar-refractivity contribution in [1.82, 2.24) is 15.0 Å². The van der Waals surface area contributed by atoms with Crippen molar-refractivity contribution in [2.45, 2.75) is 0 Å². The second-order valence-electron chi connectivity index (χ2n) is 4.82. The van der Waals surface area contributed by atoms with Crippen molar-refractivity contribution < 1.29 is 5.11 Å². The Morgan fingerprint density at radius 3 is 2.48 bits per heavy atom. The van der Waals surface area contributed by atoms with E-state index in [4.69, 9.17) is 5.11 Å². The maximum absolute atomic E-state index is 8.97. The van der Waals surface area contributed by atoms with Gasteiger partial charge in [-0.25, -0.2) is 4.98 Å². The van der Waals surface area contributed by atoms with Crippen molar-refractivity contribution in [3.63, 3.8) is 0 Å². The molecule has 3 N–H and O–H groups in total. The van der Waals surface area contributed by atoms with Gasteiger partial charge in [0.25, 0.3) is 0 Å². The van der Waals surface area contributed by atoms with Gasteiger partial charge in [0.15, 0.2) is 0 Å². The van der Waals surface area contributed by atoms with Crippen LogP contribution in [0.1, 0.15) is 0 Å². The molecule has 2 heterocycles. The average Bonchev–Trinajstić information content (AvgIpc) is 2.61. The molecule has 0 radical (unpaired) electrons. The third-order valence-electron chi connectivity index (χ3n) is 3.09. The molecule has 0 aliphatic carbocycles. The Labute approximate surface area is 134 Å². The number of para-hydroxylation sites is 1. The first kappa shape index (κ1) is 14.9. The summed E-state index contributed by atoms with van der Waals surface area (Å²) < 4.78 is 0. The standard InChI is InChI=1S/C17H17N5O/c23-11-10-19-17-21-15(14-8-4-5-9-18-14)12-16(22-17)20-13-6-2-1-3-7-13/h1-9,12,23H,10-11H2,(H2,19,20,21,22). The van der Waals surface area contributed by atoms with Gasteiger partial charge in [-0.2, -0.15) is 4.98 Å². The summed E-state index contributed by atoms with van der Waals surface area (Å²) in [6, 6.07) is 17.3. The fraction of sp³-hybridized carbons (Fsp3) is 0.118. The number of rotatable bonds is 6. The van der Waals surface area contributed by atoms with E-state index in [0.717, 1.165) is 11.4 Å². The maximum atomic E-state index is 8.97. The number of hydrogen-bond acceptors (Lipinski definition) is 6. The SMILES string of the molecule is OCCNc1nc(Nc2ccccc2)cc(-c2ccccn2)n1. The summed E-state index contributed by atoms with van der Waals surface area (Å²) in [5.41, 5.74) is 2.41. The van der Waals surface area contributed by atoms with Gasteiger partial charge in [0.05, 0.1) is 18.0 Å². The molecular formula is C17H17N5O. The topological polar surface area (TPSA) is 83.0 Å². The first-order chi connectivity index (χ1) is 11.3. The third kappa shape index (κ3) is 4.02. The van der Waals surface area contributed by atoms with Gasteiger partial charge < -0.3 is 15.7 Å². The first-order valence-corrected chi connectivity index (χ1v) is 7.32. The molecule has 6 heteroatoms. The Hall–Kier alpha value is -2.99. The van der Waals surface area contributed by atoms with Gasteiger partial charge in [-0.15, -0.1) is 0 Å². The molecule has 0 aliphatic rings. The molecule has 0 atom stereocenters. The van der Waals surface area contributed by atoms with Gasteiger partial charge >= 0.3 is 0 Å². The Balaban J connectivity index is 1.94. The van der Waals surface area contributed by atoms with Crippen LogP contribution in [0.2, 0.25) is 0 Å². The molecule has 0 fully saturated rings. The Morgan fingerprint density at radius 2 is 1.74 bits per heavy atom. The van der Waals surface area contributed by atoms with Crippen LogP contribution >= 0.6 is 0 Å². The number of nitrogens with one attached hydrogen (secondary N) is 2. The number of aliphatic hydroxyl groups is 1. The van der Waals surface area contributed by atoms with Gasteiger partial charge in [0, 0.05) is 24.5 Å². The monoisotopic (exact) mass is 307 g/mol. The zero-order valence-corrected chi connectivity index (χ0v) is 12.5. The fourth-order valence-electron chi connectivity index (χ4n) is 2.07. The second kappa shape index (κ2) is 7.33. The first-order valence-electron chi connectivity index (χ1n) is 7.32. The highest BCUT2D eigenvalue weighted by Crippen LogP contribution is 2.22. The predicted molar refractivity (Wildman–Crippen MR) is 90.6 cm³/mol. The number of anilines is 3. The Kier molecular flexibility index (Phi) is 4.76. The molecule has 0 bridgehead atoms. The fourth-order valence-corrected chi connectivity index (χ4v) is 2.07. The van der Waals surface area contributed by atoms with Crippen LogP contribution in [0.5, 0.6) is 0 Å². The highest BCUT2D eigenvalue weighted by atomic mass is 16.3. The van der Waals surface area contributed by atoms with Gasteiger partial charge in [-0.05, 0) is 24.3 Å². The molecule has 0 amide bonds. The summed E-state index contributed by atoms with van der Waals surface area (Å²) in [4.78, 5) is 13.2. The minimum Gasteiger partial charge on any atom is -0.395 e. The van der Waals surface area contributed by atoms with Gasteiger partial charge in [-0.1, -0.05) is 24.3 Å². The van der Waals surface area contributed by atoms with E-state index < -0.39 is 0 Å². The predicted octanol–water partition coefficient (Wildman–Crippen LogP) is 2.69. The summed E-state index contributed by atoms with van der Waals surface area (Å²) >= 11 is 0. The molecule has 0 saturated carbocycles. The molecule has 0 aliphatic heterocycles. The molecular weight excluding hydrogens is 290 g/mol. The van der Waals surface area contributed by atoms with E-state index in [2.05, 4.69) is 25.6 Å². The molecule has 23 heavy (non-hydrogen) atoms. The van der Waals surface area contributed by atoms with Gasteiger partial charge in [-0.3, -0.25) is 4.98 Å². The lowest BCUT2D eigenvalue weighted by Gasteiger charge is -2.10. The number of hydrogen-bond donors (Lipinski definition) is 3. The molecule has 0 unspecified atom stereocenters. The molecule has 1 aromatic carbocycles. The van der Waals surface area contributed by atoms with E-state index in [0.29, 0.717) is 24.0 Å². The van der Waals surface area contributed by atoms with E-state index in [-0.39, 0.29) is 6.61 Å². The maximum Gasteiger partial charge on any atom is 0.225 e. The van der Waals surface area contributed by atoms with E-state index in [9.17, 15) is 0 Å². The number of benzene rings is 1. The van der Waals surface area contributed by atoms with Crippen LogP contribution in [0.15, 0.2) is 60.8 Å². The van der Waals surface area contributed by atoms with Crippen molar-refractivity contribution >= 4 is 17.5 Å². The minimum absolute atomic E-state index is 0.0125. The number of aromatic nitrogens is 3. The van der Waals surface area contributed by atoms with Crippen LogP contribution in [0.3, 0.4) is 0 Å². The minimum atomic E-state index is 0.0125. The van der Waals surface area contributed by atoms with E-state index >= 15 is 0 Å². The molecule has 6 nitrogen and oxygen atoms in total. The molecule has 0 spiro atoms. The van der Waals surface area contributed by atoms with Gasteiger partial charge in [0.2, 0.25) is 5.95 Å². The van der Waals surface area contributed by atoms with E-state index in [1.807, 2.05) is 54.6 Å². The van der Waals surface area contributed by atoms with Crippen molar-refractivity contribution in [3.8, 4) is 11.4 Å². The van der Waals surface area contributed by atoms with Crippen molar-refractivity contribution in [2.24, 2.45) is 0 Å². The number of aliphatic hydroxyl groups excluding tert-OH is 1. The summed E-state index contributed by atoms with van der Waals surface area (Å²) in [6.07, 6.45) is 1.72. The molecule has 116 valence electrons. The lowest BCUT2D eigenvalue weighted by atomic mass is 10.2. The highest BCUT2D eigenvalue weighted by Gasteiger charge is 2.07. The van der Waals surface area contributed by atoms with Crippen LogP contribution in [0.25, 0.3) is 11.4 Å². The van der Waals surface area contributed by atoms with Crippen molar-refractivity contribution in [2.75, 3.05) is 23.8 Å². The molecule has 0 saturated heterocycles. The Morgan fingerprint density at radius 1 is 0.913 bits per heavy atom. The molecule has 3 aromatic rings. The van der Waals surface area contributed by atoms with Crippen LogP contribution in [0.4, 0.5) is 17.5 Å². The summed E-state index contributed by atoms with van der Waals surface area (Å²) in [6.45, 7) is 0.398. The molecule has 3 rings (SSSR count). The van der Waals surface area contributed by atoms with E-state index in [1.54, 1.807) is 6.20 Å². The third-order valence-corrected chi connectivity index (χ3v) is 3.09. The van der Waals surface area contributed by atoms with E-state index in [1.165, 1.54) is 0 Å². The lowest BCUT2D eigenvalue weighted by Crippen LogP contribution is -2.10. The van der Waals surface area contributed by atoms with Gasteiger partial charge in [0.1, 0.15) is 5.82 Å². The Bertz CT molecular complexity index is 749. The molecule has 2 aromatic heterocycles. The van der Waals surface area contributed by atoms with Crippen molar-refractivity contribution in [3.05, 3.63) is 60.8 Å². The summed E-state index contributed by atoms with van der Waals surface area (Å²) in [5.74, 6) is 1.10. The van der Waals surface area contributed by atoms with Crippen LogP contribution < -0.4 is 10.6 Å². The normalized spacial score (nSPS) is 10.3. The number of pyridine rings is 1. The van der Waals surface area contributed by atoms with Crippen molar-refractivity contribution in [1.29, 1.82) is 0 Å². The smallest absolute Gasteiger partial charge is 0.225 e. The second-order valence-corrected chi connectivity index (χ2v) is 4.82. The highest BCUT2D eigenvalue weighted by molar-refractivity contribution is 5.65. The zero-order valence-electron chi connectivity index (χ0n) is 12.5. The van der Waals surface area contributed by atoms with Crippen LogP contribution in [0, 0.1) is 0 Å². The quantitative estimate of drug-likeness (QED) is 0.649. The number of nitrogens with zero attached hydrogens (tertiary/aromatic N) is 3.